The minimum Gasteiger partial charge on any atom is -0.480 e. The van der Waals surface area contributed by atoms with Crippen LogP contribution in [0.4, 0.5) is 0 Å². The van der Waals surface area contributed by atoms with Gasteiger partial charge in [-0.05, 0) is 32.7 Å². The Morgan fingerprint density at radius 3 is 2.43 bits per heavy atom. The van der Waals surface area contributed by atoms with Crippen LogP contribution < -0.4 is 26.6 Å². The number of aliphatic carboxylic acids is 1. The molecule has 0 aromatic carbocycles. The van der Waals surface area contributed by atoms with Crippen LogP contribution in [0, 0.1) is 0 Å². The summed E-state index contributed by atoms with van der Waals surface area (Å²) in [7, 11) is -4.46. The molecule has 0 saturated carbocycles. The summed E-state index contributed by atoms with van der Waals surface area (Å²) in [5, 5.41) is 22.3. The van der Waals surface area contributed by atoms with Crippen molar-refractivity contribution in [3.8, 4) is 0 Å². The Morgan fingerprint density at radius 2 is 1.90 bits per heavy atom. The molecule has 0 radical (unpaired) electrons. The lowest BCUT2D eigenvalue weighted by Crippen LogP contribution is -2.52. The molecule has 1 aromatic rings. The van der Waals surface area contributed by atoms with E-state index in [-0.39, 0.29) is 24.6 Å². The molecule has 0 aliphatic carbocycles. The molecule has 0 spiro atoms. The Bertz CT molecular complexity index is 799. The monoisotopic (exact) mass is 451 g/mol. The summed E-state index contributed by atoms with van der Waals surface area (Å²) in [5.41, 5.74) is 16.5. The molecule has 0 saturated heterocycles. The van der Waals surface area contributed by atoms with Gasteiger partial charge < -0.3 is 31.9 Å². The normalized spacial score (nSPS) is 16.0. The second kappa shape index (κ2) is 11.9. The van der Waals surface area contributed by atoms with Gasteiger partial charge in [-0.15, -0.1) is 0 Å². The first-order valence-corrected chi connectivity index (χ1v) is 10.7. The third-order valence-electron chi connectivity index (χ3n) is 4.06. The van der Waals surface area contributed by atoms with Gasteiger partial charge in [0.05, 0.1) is 12.1 Å². The van der Waals surface area contributed by atoms with E-state index in [1.54, 1.807) is 0 Å². The largest absolute Gasteiger partial charge is 0.480 e. The van der Waals surface area contributed by atoms with Crippen molar-refractivity contribution in [2.24, 2.45) is 17.2 Å². The average Bonchev–Trinajstić information content (AvgIpc) is 3.13. The maximum Gasteiger partial charge on any atom is 0.324 e. The number of amides is 1. The first kappa shape index (κ1) is 25.9. The molecule has 1 rings (SSSR count). The average molecular weight is 452 g/mol. The van der Waals surface area contributed by atoms with Crippen molar-refractivity contribution in [1.82, 2.24) is 19.6 Å². The maximum atomic E-state index is 12.4. The Morgan fingerprint density at radius 1 is 1.23 bits per heavy atom. The SMILES string of the molecule is CC(O)[C@H](NS(=O)(=O)N[C@@H](CCC(N)=O)c1nc([C@@H](N)CCCCN)no1)C(=O)O. The highest BCUT2D eigenvalue weighted by Gasteiger charge is 2.32. The fraction of sp³-hybridized carbons (Fsp3) is 0.733. The molecule has 0 fully saturated rings. The Labute approximate surface area is 173 Å². The lowest BCUT2D eigenvalue weighted by Gasteiger charge is -2.20. The zero-order chi connectivity index (χ0) is 22.9. The van der Waals surface area contributed by atoms with Gasteiger partial charge in [-0.3, -0.25) is 9.59 Å². The molecule has 0 aliphatic heterocycles. The van der Waals surface area contributed by atoms with Crippen LogP contribution in [0.5, 0.6) is 0 Å². The van der Waals surface area contributed by atoms with Crippen LogP contribution in [0.15, 0.2) is 4.52 Å². The van der Waals surface area contributed by atoms with Crippen molar-refractivity contribution >= 4 is 22.1 Å². The summed E-state index contributed by atoms with van der Waals surface area (Å²) in [5.74, 6) is -2.30. The van der Waals surface area contributed by atoms with Crippen molar-refractivity contribution in [1.29, 1.82) is 0 Å². The molecule has 10 N–H and O–H groups in total. The highest BCUT2D eigenvalue weighted by atomic mass is 32.2. The minimum atomic E-state index is -4.46. The van der Waals surface area contributed by atoms with E-state index in [2.05, 4.69) is 14.9 Å². The molecule has 4 atom stereocenters. The van der Waals surface area contributed by atoms with Crippen molar-refractivity contribution in [2.45, 2.75) is 63.3 Å². The number of rotatable bonds is 15. The van der Waals surface area contributed by atoms with E-state index in [1.165, 1.54) is 0 Å². The van der Waals surface area contributed by atoms with E-state index in [0.29, 0.717) is 13.0 Å². The third kappa shape index (κ3) is 8.68. The fourth-order valence-corrected chi connectivity index (χ4v) is 3.73. The molecule has 30 heavy (non-hydrogen) atoms. The first-order chi connectivity index (χ1) is 14.0. The molecule has 14 nitrogen and oxygen atoms in total. The number of aliphatic hydroxyl groups excluding tert-OH is 1. The van der Waals surface area contributed by atoms with Gasteiger partial charge in [-0.25, -0.2) is 0 Å². The second-order valence-corrected chi connectivity index (χ2v) is 8.21. The number of aliphatic hydroxyl groups is 1. The number of carbonyl (C=O) groups excluding carboxylic acids is 1. The molecule has 1 unspecified atom stereocenters. The lowest BCUT2D eigenvalue weighted by atomic mass is 10.1. The van der Waals surface area contributed by atoms with Gasteiger partial charge in [0, 0.05) is 6.42 Å². The zero-order valence-corrected chi connectivity index (χ0v) is 17.3. The van der Waals surface area contributed by atoms with Crippen LogP contribution in [-0.4, -0.2) is 59.3 Å². The number of nitrogens with one attached hydrogen (secondary N) is 2. The molecule has 15 heteroatoms. The number of primary amides is 1. The molecule has 172 valence electrons. The van der Waals surface area contributed by atoms with Crippen LogP contribution in [0.1, 0.15) is 62.8 Å². The topological polar surface area (TPSA) is 250 Å². The Hall–Kier alpha value is -2.17. The smallest absolute Gasteiger partial charge is 0.324 e. The van der Waals surface area contributed by atoms with E-state index < -0.39 is 46.3 Å². The molecule has 1 amide bonds. The molecule has 0 bridgehead atoms. The molecular weight excluding hydrogens is 422 g/mol. The van der Waals surface area contributed by atoms with Crippen LogP contribution >= 0.6 is 0 Å². The van der Waals surface area contributed by atoms with E-state index in [9.17, 15) is 23.1 Å². The van der Waals surface area contributed by atoms with Gasteiger partial charge in [0.1, 0.15) is 12.1 Å². The van der Waals surface area contributed by atoms with Gasteiger partial charge >= 0.3 is 5.97 Å². The third-order valence-corrected chi connectivity index (χ3v) is 5.22. The Kier molecular flexibility index (Phi) is 10.2. The predicted octanol–water partition coefficient (Wildman–Crippen LogP) is -2.24. The summed E-state index contributed by atoms with van der Waals surface area (Å²) in [6.45, 7) is 1.63. The van der Waals surface area contributed by atoms with Gasteiger partial charge in [0.15, 0.2) is 5.82 Å². The summed E-state index contributed by atoms with van der Waals surface area (Å²) < 4.78 is 33.8. The number of carboxylic acid groups (broad SMARTS) is 1. The van der Waals surface area contributed by atoms with Gasteiger partial charge in [-0.2, -0.15) is 22.8 Å². The molecule has 1 heterocycles. The standard InChI is InChI=1S/C15H29N7O7S/c1-8(23)12(15(25)26)22-30(27,28)21-10(5-6-11(18)24)14-19-13(20-29-14)9(17)4-2-3-7-16/h8-10,12,21-23H,2-7,16-17H2,1H3,(H2,18,24)(H,25,26)/t8?,9-,10-,12-/m0/s1. The van der Waals surface area contributed by atoms with Crippen molar-refractivity contribution in [3.05, 3.63) is 11.7 Å². The summed E-state index contributed by atoms with van der Waals surface area (Å²) in [4.78, 5) is 26.4. The van der Waals surface area contributed by atoms with Crippen LogP contribution in [0.2, 0.25) is 0 Å². The van der Waals surface area contributed by atoms with E-state index in [1.807, 2.05) is 4.72 Å². The maximum absolute atomic E-state index is 12.4. The first-order valence-electron chi connectivity index (χ1n) is 9.24. The minimum absolute atomic E-state index is 0.132. The van der Waals surface area contributed by atoms with E-state index >= 15 is 0 Å². The zero-order valence-electron chi connectivity index (χ0n) is 16.5. The number of unbranched alkanes of at least 4 members (excludes halogenated alkanes) is 1. The number of hydrogen-bond acceptors (Lipinski definition) is 10. The van der Waals surface area contributed by atoms with Crippen molar-refractivity contribution in [3.63, 3.8) is 0 Å². The number of nitrogens with zero attached hydrogens (tertiary/aromatic N) is 2. The quantitative estimate of drug-likeness (QED) is 0.140. The van der Waals surface area contributed by atoms with Gasteiger partial charge in [0.25, 0.3) is 10.2 Å². The number of hydrogen-bond donors (Lipinski definition) is 7. The highest BCUT2D eigenvalue weighted by Crippen LogP contribution is 2.21. The van der Waals surface area contributed by atoms with E-state index in [0.717, 1.165) is 19.8 Å². The number of carbonyl (C=O) groups is 2. The highest BCUT2D eigenvalue weighted by molar-refractivity contribution is 7.87. The van der Waals surface area contributed by atoms with Crippen LogP contribution in [0.25, 0.3) is 0 Å². The van der Waals surface area contributed by atoms with Crippen LogP contribution in [-0.2, 0) is 19.8 Å². The summed E-state index contributed by atoms with van der Waals surface area (Å²) in [6.07, 6.45) is 0.172. The molecular formula is C15H29N7O7S. The summed E-state index contributed by atoms with van der Waals surface area (Å²) >= 11 is 0. The molecule has 1 aromatic heterocycles. The van der Waals surface area contributed by atoms with E-state index in [4.69, 9.17) is 26.8 Å². The van der Waals surface area contributed by atoms with Crippen molar-refractivity contribution in [2.75, 3.05) is 6.54 Å². The van der Waals surface area contributed by atoms with Crippen molar-refractivity contribution < 1.29 is 32.7 Å². The second-order valence-electron chi connectivity index (χ2n) is 6.73. The Balaban J connectivity index is 2.99. The number of nitrogens with two attached hydrogens (primary N) is 3. The molecule has 0 aliphatic rings. The number of carboxylic acids is 1. The summed E-state index contributed by atoms with van der Waals surface area (Å²) in [6, 6.07) is -3.54. The fourth-order valence-electron chi connectivity index (χ4n) is 2.44. The van der Waals surface area contributed by atoms with Gasteiger partial charge in [0.2, 0.25) is 11.8 Å². The predicted molar refractivity (Wildman–Crippen MR) is 104 cm³/mol. The lowest BCUT2D eigenvalue weighted by molar-refractivity contribution is -0.141. The number of aromatic nitrogens is 2. The van der Waals surface area contributed by atoms with Crippen LogP contribution in [0.3, 0.4) is 0 Å². The van der Waals surface area contributed by atoms with Gasteiger partial charge in [-0.1, -0.05) is 11.6 Å².